The topological polar surface area (TPSA) is 64.6 Å². The molecule has 6 nitrogen and oxygen atoms in total. The molecule has 5 rings (SSSR count). The molecule has 0 saturated heterocycles. The van der Waals surface area contributed by atoms with Crippen LogP contribution in [0.2, 0.25) is 0 Å². The minimum absolute atomic E-state index is 0.232. The standard InChI is InChI=1S/C41H49N3O3Se/c1-3-5-7-9-11-13-29-46-36-23-19-34(20-24-36)44(35-21-25-37(26-22-35)47-30-14-12-10-8-6-4-2)39-28-27-38(40-41(39)43-48-42-40)33-17-15-32(31-45)16-18-33/h15-28,31H,3-14,29-30H2,1-2H3. The third-order valence-electron chi connectivity index (χ3n) is 8.72. The number of hydrogen-bond acceptors (Lipinski definition) is 6. The first kappa shape index (κ1) is 35.4. The predicted molar refractivity (Wildman–Crippen MR) is 200 cm³/mol. The number of fused-ring (bicyclic) bond motifs is 1. The predicted octanol–water partition coefficient (Wildman–Crippen LogP) is 11.1. The third-order valence-corrected chi connectivity index (χ3v) is 9.82. The summed E-state index contributed by atoms with van der Waals surface area (Å²) in [6.45, 7) is 5.97. The number of benzene rings is 4. The monoisotopic (exact) mass is 711 g/mol. The van der Waals surface area contributed by atoms with Gasteiger partial charge in [-0.2, -0.15) is 0 Å². The number of unbranched alkanes of at least 4 members (excludes halogenated alkanes) is 10. The quantitative estimate of drug-likeness (QED) is 0.0429. The Hall–Kier alpha value is -3.93. The van der Waals surface area contributed by atoms with E-state index < -0.39 is 0 Å². The van der Waals surface area contributed by atoms with Crippen LogP contribution >= 0.6 is 0 Å². The number of nitrogens with zero attached hydrogens (tertiary/aromatic N) is 3. The Morgan fingerprint density at radius 2 is 1.08 bits per heavy atom. The van der Waals surface area contributed by atoms with E-state index in [2.05, 4.69) is 79.4 Å². The zero-order chi connectivity index (χ0) is 33.4. The van der Waals surface area contributed by atoms with Crippen molar-refractivity contribution in [1.29, 1.82) is 0 Å². The zero-order valence-corrected chi connectivity index (χ0v) is 30.2. The van der Waals surface area contributed by atoms with Gasteiger partial charge in [-0.15, -0.1) is 0 Å². The Morgan fingerprint density at radius 3 is 1.60 bits per heavy atom. The van der Waals surface area contributed by atoms with Crippen molar-refractivity contribution in [3.8, 4) is 22.6 Å². The normalized spacial score (nSPS) is 11.1. The van der Waals surface area contributed by atoms with E-state index in [4.69, 9.17) is 17.4 Å². The summed E-state index contributed by atoms with van der Waals surface area (Å²) in [6, 6.07) is 28.6. The van der Waals surface area contributed by atoms with Crippen molar-refractivity contribution in [2.24, 2.45) is 0 Å². The molecule has 4 aromatic carbocycles. The maximum absolute atomic E-state index is 11.2. The fourth-order valence-electron chi connectivity index (χ4n) is 5.96. The summed E-state index contributed by atoms with van der Waals surface area (Å²) in [5, 5.41) is 0. The summed E-state index contributed by atoms with van der Waals surface area (Å²) < 4.78 is 22.0. The number of carbonyl (C=O) groups excluding carboxylic acids is 1. The van der Waals surface area contributed by atoms with Crippen molar-refractivity contribution in [3.05, 3.63) is 90.5 Å². The van der Waals surface area contributed by atoms with Gasteiger partial charge in [0, 0.05) is 0 Å². The molecule has 48 heavy (non-hydrogen) atoms. The summed E-state index contributed by atoms with van der Waals surface area (Å²) in [7, 11) is 0. The summed E-state index contributed by atoms with van der Waals surface area (Å²) in [5.74, 6) is 1.76. The average molecular weight is 711 g/mol. The molecular weight excluding hydrogens is 661 g/mol. The van der Waals surface area contributed by atoms with Gasteiger partial charge >= 0.3 is 228 Å². The fourth-order valence-corrected chi connectivity index (χ4v) is 7.16. The molecule has 7 heteroatoms. The number of carbonyl (C=O) groups is 1. The Morgan fingerprint density at radius 1 is 0.583 bits per heavy atom. The van der Waals surface area contributed by atoms with Crippen molar-refractivity contribution in [3.63, 3.8) is 0 Å². The molecule has 0 aliphatic heterocycles. The first-order valence-electron chi connectivity index (χ1n) is 17.8. The number of hydrogen-bond donors (Lipinski definition) is 0. The van der Waals surface area contributed by atoms with Gasteiger partial charge < -0.3 is 0 Å². The summed E-state index contributed by atoms with van der Waals surface area (Å²) in [6.07, 6.45) is 15.8. The van der Waals surface area contributed by atoms with Crippen LogP contribution in [0.4, 0.5) is 17.1 Å². The number of aldehydes is 1. The molecule has 0 fully saturated rings. The average Bonchev–Trinajstić information content (AvgIpc) is 3.63. The molecule has 0 N–H and O–H groups in total. The van der Waals surface area contributed by atoms with E-state index >= 15 is 0 Å². The van der Waals surface area contributed by atoms with Gasteiger partial charge in [0.2, 0.25) is 0 Å². The molecule has 0 aliphatic carbocycles. The minimum atomic E-state index is -0.232. The number of anilines is 3. The second-order valence-electron chi connectivity index (χ2n) is 12.4. The Labute approximate surface area is 292 Å². The third kappa shape index (κ3) is 9.81. The van der Waals surface area contributed by atoms with E-state index in [0.717, 1.165) is 83.1 Å². The van der Waals surface area contributed by atoms with Gasteiger partial charge in [-0.25, -0.2) is 0 Å². The maximum atomic E-state index is 11.2. The first-order valence-corrected chi connectivity index (χ1v) is 19.3. The summed E-state index contributed by atoms with van der Waals surface area (Å²) in [4.78, 5) is 13.5. The summed E-state index contributed by atoms with van der Waals surface area (Å²) >= 11 is -0.232. The number of aromatic nitrogens is 2. The SMILES string of the molecule is CCCCCCCCOc1ccc(N(c2ccc(OCCCCCCCC)cc2)c2ccc(-c3ccc(C=O)cc3)c3n[se]nc23)cc1. The van der Waals surface area contributed by atoms with Crippen molar-refractivity contribution in [1.82, 2.24) is 7.96 Å². The van der Waals surface area contributed by atoms with Gasteiger partial charge in [0.15, 0.2) is 0 Å². The van der Waals surface area contributed by atoms with Crippen molar-refractivity contribution >= 4 is 49.3 Å². The van der Waals surface area contributed by atoms with Crippen LogP contribution in [0.1, 0.15) is 101 Å². The molecule has 252 valence electrons. The van der Waals surface area contributed by atoms with Crippen LogP contribution in [-0.2, 0) is 0 Å². The molecule has 5 aromatic rings. The van der Waals surface area contributed by atoms with Crippen molar-refractivity contribution in [2.75, 3.05) is 18.1 Å². The Bertz CT molecular complexity index is 1610. The molecular formula is C41H49N3O3Se. The fraction of sp³-hybridized carbons (Fsp3) is 0.390. The van der Waals surface area contributed by atoms with Crippen LogP contribution in [0.3, 0.4) is 0 Å². The van der Waals surface area contributed by atoms with Gasteiger partial charge in [-0.1, -0.05) is 65.2 Å². The van der Waals surface area contributed by atoms with Crippen LogP contribution in [0.5, 0.6) is 11.5 Å². The molecule has 0 saturated carbocycles. The molecule has 0 radical (unpaired) electrons. The van der Waals surface area contributed by atoms with E-state index in [-0.39, 0.29) is 15.0 Å². The van der Waals surface area contributed by atoms with Gasteiger partial charge in [-0.3, -0.25) is 0 Å². The van der Waals surface area contributed by atoms with E-state index in [1.165, 1.54) is 64.2 Å². The van der Waals surface area contributed by atoms with E-state index in [1.807, 2.05) is 24.3 Å². The second kappa shape index (κ2) is 19.2. The second-order valence-corrected chi connectivity index (χ2v) is 13.5. The molecule has 0 unspecified atom stereocenters. The van der Waals surface area contributed by atoms with Crippen LogP contribution in [0, 0.1) is 0 Å². The molecule has 0 spiro atoms. The van der Waals surface area contributed by atoms with Crippen molar-refractivity contribution in [2.45, 2.75) is 90.9 Å². The first-order chi connectivity index (χ1) is 23.7. The van der Waals surface area contributed by atoms with Crippen LogP contribution < -0.4 is 14.4 Å². The Kier molecular flexibility index (Phi) is 14.1. The van der Waals surface area contributed by atoms with E-state index in [9.17, 15) is 4.79 Å². The number of ether oxygens (including phenoxy) is 2. The van der Waals surface area contributed by atoms with E-state index in [1.54, 1.807) is 0 Å². The van der Waals surface area contributed by atoms with Gasteiger partial charge in [-0.05, 0) is 0 Å². The molecule has 0 amide bonds. The zero-order valence-electron chi connectivity index (χ0n) is 28.5. The number of rotatable bonds is 21. The molecule has 0 aliphatic rings. The van der Waals surface area contributed by atoms with Crippen LogP contribution in [0.15, 0.2) is 84.9 Å². The van der Waals surface area contributed by atoms with E-state index in [0.29, 0.717) is 5.56 Å². The molecule has 1 aromatic heterocycles. The molecule has 0 atom stereocenters. The molecule has 0 bridgehead atoms. The molecule has 1 heterocycles. The van der Waals surface area contributed by atoms with Crippen molar-refractivity contribution < 1.29 is 14.3 Å². The van der Waals surface area contributed by atoms with Gasteiger partial charge in [0.05, 0.1) is 0 Å². The Balaban J connectivity index is 1.37. The van der Waals surface area contributed by atoms with Gasteiger partial charge in [0.1, 0.15) is 0 Å². The van der Waals surface area contributed by atoms with Crippen LogP contribution in [-0.4, -0.2) is 42.4 Å². The van der Waals surface area contributed by atoms with Crippen LogP contribution in [0.25, 0.3) is 22.2 Å². The van der Waals surface area contributed by atoms with Gasteiger partial charge in [0.25, 0.3) is 0 Å². The summed E-state index contributed by atoms with van der Waals surface area (Å²) in [5.41, 5.74) is 7.49.